The molecular formula is C14H23NO. The van der Waals surface area contributed by atoms with Gasteiger partial charge in [-0.15, -0.1) is 0 Å². The van der Waals surface area contributed by atoms with Gasteiger partial charge in [0.15, 0.2) is 0 Å². The quantitative estimate of drug-likeness (QED) is 0.825. The van der Waals surface area contributed by atoms with Gasteiger partial charge in [-0.25, -0.2) is 0 Å². The molecular weight excluding hydrogens is 198 g/mol. The molecule has 1 unspecified atom stereocenters. The second-order valence-corrected chi connectivity index (χ2v) is 4.67. The Morgan fingerprint density at radius 1 is 1.25 bits per heavy atom. The monoisotopic (exact) mass is 221 g/mol. The molecule has 1 aromatic rings. The van der Waals surface area contributed by atoms with Crippen LogP contribution in [0.1, 0.15) is 37.8 Å². The molecule has 0 spiro atoms. The van der Waals surface area contributed by atoms with Gasteiger partial charge in [0.25, 0.3) is 0 Å². The van der Waals surface area contributed by atoms with E-state index in [1.807, 2.05) is 7.05 Å². The van der Waals surface area contributed by atoms with E-state index in [2.05, 4.69) is 51.2 Å². The molecule has 16 heavy (non-hydrogen) atoms. The molecule has 2 nitrogen and oxygen atoms in total. The fourth-order valence-corrected chi connectivity index (χ4v) is 1.69. The molecule has 0 aliphatic carbocycles. The van der Waals surface area contributed by atoms with Crippen LogP contribution in [0.2, 0.25) is 0 Å². The van der Waals surface area contributed by atoms with Gasteiger partial charge in [0.2, 0.25) is 0 Å². The average Bonchev–Trinajstić information content (AvgIpc) is 2.25. The summed E-state index contributed by atoms with van der Waals surface area (Å²) in [5.74, 6) is 1.54. The number of aryl methyl sites for hydroxylation is 1. The van der Waals surface area contributed by atoms with E-state index in [-0.39, 0.29) is 0 Å². The highest BCUT2D eigenvalue weighted by Gasteiger charge is 2.05. The van der Waals surface area contributed by atoms with Gasteiger partial charge in [-0.1, -0.05) is 19.9 Å². The highest BCUT2D eigenvalue weighted by Crippen LogP contribution is 2.23. The summed E-state index contributed by atoms with van der Waals surface area (Å²) < 4.78 is 5.71. The Balaban J connectivity index is 2.66. The normalized spacial score (nSPS) is 12.9. The van der Waals surface area contributed by atoms with Crippen LogP contribution in [0.3, 0.4) is 0 Å². The van der Waals surface area contributed by atoms with Crippen LogP contribution in [0.25, 0.3) is 0 Å². The number of rotatable bonds is 5. The molecule has 0 bridgehead atoms. The van der Waals surface area contributed by atoms with E-state index in [9.17, 15) is 0 Å². The smallest absolute Gasteiger partial charge is 0.119 e. The molecule has 0 aliphatic heterocycles. The van der Waals surface area contributed by atoms with Crippen molar-refractivity contribution in [3.05, 3.63) is 29.3 Å². The largest absolute Gasteiger partial charge is 0.492 e. The van der Waals surface area contributed by atoms with Crippen LogP contribution < -0.4 is 10.1 Å². The Labute approximate surface area is 99.0 Å². The summed E-state index contributed by atoms with van der Waals surface area (Å²) in [7, 11) is 1.95. The van der Waals surface area contributed by atoms with Crippen LogP contribution in [0.15, 0.2) is 18.2 Å². The SMILES string of the molecule is CNC(C)COc1ccc(C(C)C)c(C)c1. The van der Waals surface area contributed by atoms with Crippen molar-refractivity contribution in [2.24, 2.45) is 0 Å². The maximum Gasteiger partial charge on any atom is 0.119 e. The zero-order valence-corrected chi connectivity index (χ0v) is 11.0. The van der Waals surface area contributed by atoms with E-state index in [1.54, 1.807) is 0 Å². The lowest BCUT2D eigenvalue weighted by atomic mass is 9.98. The summed E-state index contributed by atoms with van der Waals surface area (Å²) in [6.45, 7) is 9.38. The van der Waals surface area contributed by atoms with Gasteiger partial charge >= 0.3 is 0 Å². The van der Waals surface area contributed by atoms with E-state index >= 15 is 0 Å². The third kappa shape index (κ3) is 3.53. The molecule has 0 amide bonds. The van der Waals surface area contributed by atoms with Crippen molar-refractivity contribution in [1.82, 2.24) is 5.32 Å². The van der Waals surface area contributed by atoms with Crippen molar-refractivity contribution in [1.29, 1.82) is 0 Å². The minimum Gasteiger partial charge on any atom is -0.492 e. The van der Waals surface area contributed by atoms with E-state index in [1.165, 1.54) is 11.1 Å². The molecule has 0 saturated carbocycles. The fourth-order valence-electron chi connectivity index (χ4n) is 1.69. The van der Waals surface area contributed by atoms with E-state index in [0.29, 0.717) is 18.6 Å². The topological polar surface area (TPSA) is 21.3 Å². The second kappa shape index (κ2) is 5.90. The fraction of sp³-hybridized carbons (Fsp3) is 0.571. The molecule has 1 aromatic carbocycles. The van der Waals surface area contributed by atoms with Gasteiger partial charge in [-0.3, -0.25) is 0 Å². The molecule has 0 aromatic heterocycles. The minimum absolute atomic E-state index is 0.380. The third-order valence-electron chi connectivity index (χ3n) is 2.86. The minimum atomic E-state index is 0.380. The van der Waals surface area contributed by atoms with E-state index < -0.39 is 0 Å². The first kappa shape index (κ1) is 13.0. The zero-order chi connectivity index (χ0) is 12.1. The number of ether oxygens (including phenoxy) is 1. The Morgan fingerprint density at radius 2 is 1.94 bits per heavy atom. The lowest BCUT2D eigenvalue weighted by Crippen LogP contribution is -2.28. The van der Waals surface area contributed by atoms with Crippen LogP contribution in [0.4, 0.5) is 0 Å². The predicted octanol–water partition coefficient (Wildman–Crippen LogP) is 3.11. The van der Waals surface area contributed by atoms with Crippen molar-refractivity contribution in [2.75, 3.05) is 13.7 Å². The molecule has 1 N–H and O–H groups in total. The van der Waals surface area contributed by atoms with Crippen molar-refractivity contribution in [3.63, 3.8) is 0 Å². The number of likely N-dealkylation sites (N-methyl/N-ethyl adjacent to an activating group) is 1. The summed E-state index contributed by atoms with van der Waals surface area (Å²) >= 11 is 0. The van der Waals surface area contributed by atoms with Gasteiger partial charge in [-0.2, -0.15) is 0 Å². The van der Waals surface area contributed by atoms with Crippen molar-refractivity contribution in [3.8, 4) is 5.75 Å². The molecule has 0 saturated heterocycles. The highest BCUT2D eigenvalue weighted by atomic mass is 16.5. The first-order chi connectivity index (χ1) is 7.54. The summed E-state index contributed by atoms with van der Waals surface area (Å²) in [5.41, 5.74) is 2.71. The summed E-state index contributed by atoms with van der Waals surface area (Å²) in [4.78, 5) is 0. The molecule has 1 atom stereocenters. The van der Waals surface area contributed by atoms with E-state index in [0.717, 1.165) is 5.75 Å². The van der Waals surface area contributed by atoms with Crippen molar-refractivity contribution < 1.29 is 4.74 Å². The van der Waals surface area contributed by atoms with Gasteiger partial charge < -0.3 is 10.1 Å². The molecule has 0 heterocycles. The van der Waals surface area contributed by atoms with Crippen LogP contribution in [-0.4, -0.2) is 19.7 Å². The second-order valence-electron chi connectivity index (χ2n) is 4.67. The third-order valence-corrected chi connectivity index (χ3v) is 2.86. The summed E-state index contributed by atoms with van der Waals surface area (Å²) in [6.07, 6.45) is 0. The Kier molecular flexibility index (Phi) is 4.81. The molecule has 0 radical (unpaired) electrons. The predicted molar refractivity (Wildman–Crippen MR) is 69.3 cm³/mol. The molecule has 0 aliphatic rings. The van der Waals surface area contributed by atoms with Crippen LogP contribution in [-0.2, 0) is 0 Å². The summed E-state index contributed by atoms with van der Waals surface area (Å²) in [5, 5.41) is 3.15. The average molecular weight is 221 g/mol. The highest BCUT2D eigenvalue weighted by molar-refractivity contribution is 5.36. The van der Waals surface area contributed by atoms with Gasteiger partial charge in [0.1, 0.15) is 12.4 Å². The Bertz CT molecular complexity index is 334. The lowest BCUT2D eigenvalue weighted by Gasteiger charge is -2.15. The molecule has 2 heteroatoms. The van der Waals surface area contributed by atoms with E-state index in [4.69, 9.17) is 4.74 Å². The van der Waals surface area contributed by atoms with Gasteiger partial charge in [-0.05, 0) is 50.1 Å². The Morgan fingerprint density at radius 3 is 2.44 bits per heavy atom. The maximum atomic E-state index is 5.71. The number of benzene rings is 1. The van der Waals surface area contributed by atoms with Crippen molar-refractivity contribution in [2.45, 2.75) is 39.7 Å². The van der Waals surface area contributed by atoms with Gasteiger partial charge in [0, 0.05) is 6.04 Å². The number of hydrogen-bond acceptors (Lipinski definition) is 2. The Hall–Kier alpha value is -1.02. The zero-order valence-electron chi connectivity index (χ0n) is 11.0. The first-order valence-corrected chi connectivity index (χ1v) is 5.95. The maximum absolute atomic E-state index is 5.71. The van der Waals surface area contributed by atoms with Crippen molar-refractivity contribution >= 4 is 0 Å². The van der Waals surface area contributed by atoms with Crippen LogP contribution in [0, 0.1) is 6.92 Å². The van der Waals surface area contributed by atoms with Gasteiger partial charge in [0.05, 0.1) is 0 Å². The number of hydrogen-bond donors (Lipinski definition) is 1. The standard InChI is InChI=1S/C14H23NO/c1-10(2)14-7-6-13(8-11(14)3)16-9-12(4)15-5/h6-8,10,12,15H,9H2,1-5H3. The molecule has 1 rings (SSSR count). The van der Waals surface area contributed by atoms with Crippen LogP contribution >= 0.6 is 0 Å². The molecule has 90 valence electrons. The first-order valence-electron chi connectivity index (χ1n) is 5.95. The molecule has 0 fully saturated rings. The lowest BCUT2D eigenvalue weighted by molar-refractivity contribution is 0.279. The number of nitrogens with one attached hydrogen (secondary N) is 1. The van der Waals surface area contributed by atoms with Crippen LogP contribution in [0.5, 0.6) is 5.75 Å². The summed E-state index contributed by atoms with van der Waals surface area (Å²) in [6, 6.07) is 6.73.